The Hall–Kier alpha value is -5.14. The summed E-state index contributed by atoms with van der Waals surface area (Å²) in [7, 11) is 3.07. The topological polar surface area (TPSA) is 112 Å². The summed E-state index contributed by atoms with van der Waals surface area (Å²) in [5, 5.41) is 9.30. The Morgan fingerprint density at radius 2 is 1.81 bits per heavy atom. The third kappa shape index (κ3) is 5.94. The summed E-state index contributed by atoms with van der Waals surface area (Å²) in [5.74, 6) is 1.09. The Kier molecular flexibility index (Phi) is 8.74. The van der Waals surface area contributed by atoms with Gasteiger partial charge in [0.15, 0.2) is 16.3 Å². The Morgan fingerprint density at radius 3 is 2.51 bits per heavy atom. The maximum Gasteiger partial charge on any atom is 0.338 e. The highest BCUT2D eigenvalue weighted by Crippen LogP contribution is 2.36. The van der Waals surface area contributed by atoms with E-state index in [0.29, 0.717) is 43.4 Å². The van der Waals surface area contributed by atoms with E-state index in [-0.39, 0.29) is 24.3 Å². The highest BCUT2D eigenvalue weighted by atomic mass is 32.1. The van der Waals surface area contributed by atoms with E-state index in [1.807, 2.05) is 42.5 Å². The number of nitriles is 1. The van der Waals surface area contributed by atoms with Gasteiger partial charge < -0.3 is 18.9 Å². The molecule has 10 heteroatoms. The van der Waals surface area contributed by atoms with Crippen LogP contribution in [0.15, 0.2) is 87.8 Å². The molecule has 43 heavy (non-hydrogen) atoms. The number of benzene rings is 3. The van der Waals surface area contributed by atoms with Crippen LogP contribution in [0.2, 0.25) is 0 Å². The van der Waals surface area contributed by atoms with Crippen LogP contribution in [0.3, 0.4) is 0 Å². The van der Waals surface area contributed by atoms with Crippen molar-refractivity contribution < 1.29 is 23.7 Å². The number of esters is 1. The molecule has 0 radical (unpaired) electrons. The molecule has 0 saturated carbocycles. The van der Waals surface area contributed by atoms with E-state index in [2.05, 4.69) is 11.1 Å². The first kappa shape index (κ1) is 29.4. The summed E-state index contributed by atoms with van der Waals surface area (Å²) in [6, 6.07) is 21.3. The number of rotatable bonds is 9. The second-order valence-electron chi connectivity index (χ2n) is 9.54. The summed E-state index contributed by atoms with van der Waals surface area (Å²) < 4.78 is 24.1. The molecule has 0 saturated heterocycles. The standard InChI is InChI=1S/C33H29N3O6S/c1-5-41-32(38)29-20(2)35-33-36(30(29)22-12-15-26(39-3)27(17-22)40-4)31(37)28(43-33)16-21-10-13-25(14-11-21)42-19-24-9-7-6-8-23(24)18-34/h6-17,30H,5,19H2,1-4H3/b28-16+/t30-/m0/s1. The van der Waals surface area contributed by atoms with Gasteiger partial charge in [0.1, 0.15) is 12.4 Å². The minimum atomic E-state index is -0.774. The molecule has 3 aromatic carbocycles. The third-order valence-corrected chi connectivity index (χ3v) is 7.93. The summed E-state index contributed by atoms with van der Waals surface area (Å²) in [6.45, 7) is 3.92. The van der Waals surface area contributed by atoms with Crippen molar-refractivity contribution in [3.8, 4) is 23.3 Å². The summed E-state index contributed by atoms with van der Waals surface area (Å²) >= 11 is 1.24. The fourth-order valence-electron chi connectivity index (χ4n) is 4.86. The SMILES string of the molecule is CCOC(=O)C1=C(C)N=c2s/c(=C/c3ccc(OCc4ccccc4C#N)cc3)c(=O)n2[C@H]1c1ccc(OC)c(OC)c1. The molecule has 1 aliphatic rings. The molecule has 0 amide bonds. The van der Waals surface area contributed by atoms with Gasteiger partial charge in [-0.1, -0.05) is 47.7 Å². The molecule has 1 atom stereocenters. The fourth-order valence-corrected chi connectivity index (χ4v) is 5.90. The first-order valence-electron chi connectivity index (χ1n) is 13.5. The lowest BCUT2D eigenvalue weighted by atomic mass is 9.95. The second-order valence-corrected chi connectivity index (χ2v) is 10.6. The lowest BCUT2D eigenvalue weighted by Gasteiger charge is -2.25. The average Bonchev–Trinajstić information content (AvgIpc) is 3.33. The monoisotopic (exact) mass is 595 g/mol. The number of methoxy groups -OCH3 is 2. The van der Waals surface area contributed by atoms with Crippen molar-refractivity contribution in [1.82, 2.24) is 4.57 Å². The lowest BCUT2D eigenvalue weighted by molar-refractivity contribution is -0.139. The molecule has 9 nitrogen and oxygen atoms in total. The van der Waals surface area contributed by atoms with Crippen LogP contribution in [0, 0.1) is 11.3 Å². The van der Waals surface area contributed by atoms with Crippen LogP contribution < -0.4 is 29.1 Å². The van der Waals surface area contributed by atoms with Crippen molar-refractivity contribution >= 4 is 23.4 Å². The number of carbonyl (C=O) groups is 1. The van der Waals surface area contributed by atoms with Gasteiger partial charge in [0.25, 0.3) is 5.56 Å². The van der Waals surface area contributed by atoms with E-state index >= 15 is 0 Å². The summed E-state index contributed by atoms with van der Waals surface area (Å²) in [6.07, 6.45) is 1.79. The maximum atomic E-state index is 13.9. The largest absolute Gasteiger partial charge is 0.493 e. The van der Waals surface area contributed by atoms with Gasteiger partial charge in [0.2, 0.25) is 0 Å². The number of hydrogen-bond donors (Lipinski definition) is 0. The molecular formula is C33H29N3O6S. The van der Waals surface area contributed by atoms with Crippen molar-refractivity contribution in [2.75, 3.05) is 20.8 Å². The molecule has 0 unspecified atom stereocenters. The molecule has 0 N–H and O–H groups in total. The van der Waals surface area contributed by atoms with Crippen LogP contribution in [-0.2, 0) is 16.1 Å². The first-order valence-corrected chi connectivity index (χ1v) is 14.3. The fraction of sp³-hybridized carbons (Fsp3) is 0.212. The number of ether oxygens (including phenoxy) is 4. The van der Waals surface area contributed by atoms with Gasteiger partial charge in [-0.15, -0.1) is 0 Å². The van der Waals surface area contributed by atoms with E-state index in [1.54, 1.807) is 51.3 Å². The number of fused-ring (bicyclic) bond motifs is 1. The highest BCUT2D eigenvalue weighted by molar-refractivity contribution is 7.07. The maximum absolute atomic E-state index is 13.9. The van der Waals surface area contributed by atoms with E-state index in [0.717, 1.165) is 11.1 Å². The van der Waals surface area contributed by atoms with Crippen LogP contribution in [0.25, 0.3) is 6.08 Å². The van der Waals surface area contributed by atoms with Gasteiger partial charge in [-0.3, -0.25) is 9.36 Å². The van der Waals surface area contributed by atoms with Gasteiger partial charge in [0.05, 0.1) is 54.3 Å². The van der Waals surface area contributed by atoms with Gasteiger partial charge in [-0.2, -0.15) is 5.26 Å². The molecule has 0 fully saturated rings. The Morgan fingerprint density at radius 1 is 1.07 bits per heavy atom. The molecule has 1 aliphatic heterocycles. The number of allylic oxidation sites excluding steroid dienone is 1. The van der Waals surface area contributed by atoms with Gasteiger partial charge in [-0.05, 0) is 61.4 Å². The van der Waals surface area contributed by atoms with Gasteiger partial charge in [-0.25, -0.2) is 9.79 Å². The lowest BCUT2D eigenvalue weighted by Crippen LogP contribution is -2.39. The van der Waals surface area contributed by atoms with Crippen molar-refractivity contribution in [1.29, 1.82) is 5.26 Å². The van der Waals surface area contributed by atoms with E-state index < -0.39 is 12.0 Å². The Labute approximate surface area is 252 Å². The van der Waals surface area contributed by atoms with Crippen molar-refractivity contribution in [3.05, 3.63) is 120 Å². The smallest absolute Gasteiger partial charge is 0.338 e. The summed E-state index contributed by atoms with van der Waals surface area (Å²) in [4.78, 5) is 32.2. The molecule has 0 aliphatic carbocycles. The molecular weight excluding hydrogens is 566 g/mol. The first-order chi connectivity index (χ1) is 20.9. The zero-order valence-corrected chi connectivity index (χ0v) is 24.9. The van der Waals surface area contributed by atoms with E-state index in [9.17, 15) is 14.9 Å². The van der Waals surface area contributed by atoms with Crippen LogP contribution in [-0.4, -0.2) is 31.4 Å². The molecule has 0 bridgehead atoms. The van der Waals surface area contributed by atoms with Crippen molar-refractivity contribution in [3.63, 3.8) is 0 Å². The normalized spacial score (nSPS) is 14.4. The number of hydrogen-bond acceptors (Lipinski definition) is 9. The zero-order chi connectivity index (χ0) is 30.5. The predicted octanol–water partition coefficient (Wildman–Crippen LogP) is 4.27. The molecule has 1 aromatic heterocycles. The second kappa shape index (κ2) is 12.8. The zero-order valence-electron chi connectivity index (χ0n) is 24.1. The molecule has 218 valence electrons. The van der Waals surface area contributed by atoms with E-state index in [1.165, 1.54) is 23.0 Å². The van der Waals surface area contributed by atoms with Crippen molar-refractivity contribution in [2.24, 2.45) is 4.99 Å². The van der Waals surface area contributed by atoms with E-state index in [4.69, 9.17) is 18.9 Å². The Balaban J connectivity index is 1.52. The number of thiazole rings is 1. The van der Waals surface area contributed by atoms with Gasteiger partial charge >= 0.3 is 5.97 Å². The molecule has 2 heterocycles. The van der Waals surface area contributed by atoms with Crippen molar-refractivity contribution in [2.45, 2.75) is 26.5 Å². The molecule has 5 rings (SSSR count). The average molecular weight is 596 g/mol. The van der Waals surface area contributed by atoms with Crippen LogP contribution >= 0.6 is 11.3 Å². The number of aromatic nitrogens is 1. The molecule has 4 aromatic rings. The summed E-state index contributed by atoms with van der Waals surface area (Å²) in [5.41, 5.74) is 3.30. The minimum Gasteiger partial charge on any atom is -0.493 e. The number of carbonyl (C=O) groups excluding carboxylic acids is 1. The third-order valence-electron chi connectivity index (χ3n) is 6.95. The van der Waals surface area contributed by atoms with Crippen LogP contribution in [0.5, 0.6) is 17.2 Å². The molecule has 0 spiro atoms. The highest BCUT2D eigenvalue weighted by Gasteiger charge is 2.34. The Bertz CT molecular complexity index is 1930. The quantitative estimate of drug-likeness (QED) is 0.266. The predicted molar refractivity (Wildman–Crippen MR) is 162 cm³/mol. The van der Waals surface area contributed by atoms with Crippen LogP contribution in [0.1, 0.15) is 42.1 Å². The number of nitrogens with zero attached hydrogens (tertiary/aromatic N) is 3. The minimum absolute atomic E-state index is 0.184. The van der Waals surface area contributed by atoms with Gasteiger partial charge in [0, 0.05) is 5.56 Å². The van der Waals surface area contributed by atoms with Crippen LogP contribution in [0.4, 0.5) is 0 Å².